The first-order chi connectivity index (χ1) is 17.0. The lowest BCUT2D eigenvalue weighted by molar-refractivity contribution is -0.132. The lowest BCUT2D eigenvalue weighted by Crippen LogP contribution is -2.37. The molecule has 0 bridgehead atoms. The zero-order chi connectivity index (χ0) is 24.6. The summed E-state index contributed by atoms with van der Waals surface area (Å²) in [4.78, 5) is 31.3. The molecule has 0 saturated heterocycles. The maximum atomic E-state index is 13.7. The number of halogens is 1. The predicted octanol–water partition coefficient (Wildman–Crippen LogP) is 4.21. The topological polar surface area (TPSA) is 71.5 Å². The van der Waals surface area contributed by atoms with Gasteiger partial charge in [0.25, 0.3) is 0 Å². The Morgan fingerprint density at radius 2 is 1.91 bits per heavy atom. The Balaban J connectivity index is 1.33. The molecule has 35 heavy (non-hydrogen) atoms. The third-order valence-corrected chi connectivity index (χ3v) is 6.04. The molecule has 4 rings (SSSR count). The van der Waals surface area contributed by atoms with Crippen molar-refractivity contribution in [1.82, 2.24) is 15.2 Å². The molecule has 2 amide bonds. The fraction of sp³-hybridized carbons (Fsp3) is 0.250. The lowest BCUT2D eigenvalue weighted by Gasteiger charge is -2.30. The Labute approximate surface area is 204 Å². The Bertz CT molecular complexity index is 1230. The number of pyridine rings is 1. The van der Waals surface area contributed by atoms with Gasteiger partial charge in [-0.3, -0.25) is 14.6 Å². The van der Waals surface area contributed by atoms with E-state index < -0.39 is 0 Å². The van der Waals surface area contributed by atoms with Gasteiger partial charge < -0.3 is 15.0 Å². The molecule has 0 aliphatic carbocycles. The Morgan fingerprint density at radius 3 is 2.71 bits per heavy atom. The quantitative estimate of drug-likeness (QED) is 0.498. The van der Waals surface area contributed by atoms with Crippen molar-refractivity contribution in [1.29, 1.82) is 0 Å². The molecule has 0 saturated carbocycles. The Hall–Kier alpha value is -4.00. The minimum absolute atomic E-state index is 0.0419. The van der Waals surface area contributed by atoms with Crippen LogP contribution in [0.2, 0.25) is 0 Å². The second-order valence-electron chi connectivity index (χ2n) is 8.38. The molecule has 0 atom stereocenters. The highest BCUT2D eigenvalue weighted by molar-refractivity contribution is 5.91. The second-order valence-corrected chi connectivity index (χ2v) is 8.38. The molecule has 1 aliphatic rings. The second kappa shape index (κ2) is 11.4. The van der Waals surface area contributed by atoms with Gasteiger partial charge in [-0.25, -0.2) is 4.39 Å². The summed E-state index contributed by atoms with van der Waals surface area (Å²) in [5.41, 5.74) is 4.29. The molecular weight excluding hydrogens is 445 g/mol. The number of amides is 2. The summed E-state index contributed by atoms with van der Waals surface area (Å²) < 4.78 is 19.4. The van der Waals surface area contributed by atoms with Crippen LogP contribution in [0, 0.1) is 12.7 Å². The van der Waals surface area contributed by atoms with Crippen molar-refractivity contribution in [3.8, 4) is 5.75 Å². The molecule has 0 spiro atoms. The molecule has 2 heterocycles. The summed E-state index contributed by atoms with van der Waals surface area (Å²) in [7, 11) is 0. The number of ether oxygens (including phenoxy) is 1. The number of hydrogen-bond acceptors (Lipinski definition) is 4. The van der Waals surface area contributed by atoms with Gasteiger partial charge in [-0.15, -0.1) is 0 Å². The highest BCUT2D eigenvalue weighted by Gasteiger charge is 2.24. The van der Waals surface area contributed by atoms with Crippen molar-refractivity contribution in [3.63, 3.8) is 0 Å². The van der Waals surface area contributed by atoms with E-state index in [4.69, 9.17) is 4.74 Å². The summed E-state index contributed by atoms with van der Waals surface area (Å²) in [6, 6.07) is 15.7. The molecule has 1 aliphatic heterocycles. The number of para-hydroxylation sites is 1. The molecule has 1 aromatic heterocycles. The van der Waals surface area contributed by atoms with E-state index in [1.807, 2.05) is 48.4 Å². The van der Waals surface area contributed by atoms with E-state index in [2.05, 4.69) is 10.3 Å². The van der Waals surface area contributed by atoms with E-state index in [1.54, 1.807) is 18.2 Å². The van der Waals surface area contributed by atoms with Crippen LogP contribution in [0.1, 0.15) is 34.4 Å². The summed E-state index contributed by atoms with van der Waals surface area (Å²) in [6.45, 7) is 3.66. The maximum Gasteiger partial charge on any atom is 0.244 e. The van der Waals surface area contributed by atoms with Crippen LogP contribution in [0.15, 0.2) is 66.9 Å². The van der Waals surface area contributed by atoms with Gasteiger partial charge in [0.2, 0.25) is 11.8 Å². The number of carbonyl (C=O) groups excluding carboxylic acids is 2. The molecule has 3 aromatic rings. The number of carbonyl (C=O) groups is 2. The molecule has 0 fully saturated rings. The maximum absolute atomic E-state index is 13.7. The van der Waals surface area contributed by atoms with Gasteiger partial charge in [-0.2, -0.15) is 0 Å². The number of hydrogen-bond donors (Lipinski definition) is 1. The van der Waals surface area contributed by atoms with Crippen LogP contribution in [0.25, 0.3) is 6.08 Å². The first-order valence-electron chi connectivity index (χ1n) is 11.6. The number of aromatic nitrogens is 1. The molecule has 6 nitrogen and oxygen atoms in total. The fourth-order valence-electron chi connectivity index (χ4n) is 4.11. The summed E-state index contributed by atoms with van der Waals surface area (Å²) >= 11 is 0. The highest BCUT2D eigenvalue weighted by Crippen LogP contribution is 2.24. The first kappa shape index (κ1) is 24.1. The summed E-state index contributed by atoms with van der Waals surface area (Å²) in [5, 5.41) is 2.87. The van der Waals surface area contributed by atoms with Gasteiger partial charge >= 0.3 is 0 Å². The van der Waals surface area contributed by atoms with Crippen LogP contribution < -0.4 is 10.1 Å². The highest BCUT2D eigenvalue weighted by atomic mass is 19.1. The van der Waals surface area contributed by atoms with E-state index in [-0.39, 0.29) is 17.6 Å². The first-order valence-corrected chi connectivity index (χ1v) is 11.6. The molecular formula is C28H28FN3O3. The van der Waals surface area contributed by atoms with Crippen molar-refractivity contribution in [2.75, 3.05) is 13.2 Å². The number of aryl methyl sites for hydroxylation is 1. The van der Waals surface area contributed by atoms with Crippen molar-refractivity contribution in [2.24, 2.45) is 0 Å². The van der Waals surface area contributed by atoms with Gasteiger partial charge in [0.1, 0.15) is 11.6 Å². The van der Waals surface area contributed by atoms with Gasteiger partial charge in [0, 0.05) is 43.2 Å². The minimum Gasteiger partial charge on any atom is -0.493 e. The zero-order valence-corrected chi connectivity index (χ0v) is 19.7. The number of nitrogens with one attached hydrogen (secondary N) is 1. The average Bonchev–Trinajstić information content (AvgIpc) is 2.88. The van der Waals surface area contributed by atoms with Gasteiger partial charge in [0.15, 0.2) is 0 Å². The van der Waals surface area contributed by atoms with Crippen LogP contribution in [0.5, 0.6) is 5.75 Å². The molecule has 1 N–H and O–H groups in total. The standard InChI is InChI=1S/C28H28FN3O3/c1-20-25(18-31-27(33)12-11-21-7-5-6-10-26(21)29)24-13-15-32(19-22(24)17-30-20)28(34)14-16-35-23-8-3-2-4-9-23/h2-12,17H,13-16,18-19H2,1H3,(H,31,33)/b12-11+. The third-order valence-electron chi connectivity index (χ3n) is 6.04. The molecule has 0 radical (unpaired) electrons. The molecule has 7 heteroatoms. The largest absolute Gasteiger partial charge is 0.493 e. The smallest absolute Gasteiger partial charge is 0.244 e. The van der Waals surface area contributed by atoms with Crippen LogP contribution >= 0.6 is 0 Å². The van der Waals surface area contributed by atoms with Crippen LogP contribution in [-0.4, -0.2) is 34.8 Å². The normalized spacial score (nSPS) is 12.9. The van der Waals surface area contributed by atoms with Gasteiger partial charge in [-0.05, 0) is 54.3 Å². The van der Waals surface area contributed by atoms with Crippen LogP contribution in [0.4, 0.5) is 4.39 Å². The number of fused-ring (bicyclic) bond motifs is 1. The zero-order valence-electron chi connectivity index (χ0n) is 19.7. The van der Waals surface area contributed by atoms with E-state index >= 15 is 0 Å². The van der Waals surface area contributed by atoms with E-state index in [0.717, 1.165) is 28.1 Å². The van der Waals surface area contributed by atoms with Gasteiger partial charge in [0.05, 0.1) is 13.0 Å². The summed E-state index contributed by atoms with van der Waals surface area (Å²) in [5.74, 6) is 0.107. The lowest BCUT2D eigenvalue weighted by atomic mass is 9.94. The average molecular weight is 474 g/mol. The molecule has 0 unspecified atom stereocenters. The van der Waals surface area contributed by atoms with E-state index in [0.29, 0.717) is 44.6 Å². The Kier molecular flexibility index (Phi) is 7.88. The SMILES string of the molecule is Cc1ncc2c(c1CNC(=O)/C=C/c1ccccc1F)CCN(C(=O)CCOc1ccccc1)C2. The molecule has 2 aromatic carbocycles. The third kappa shape index (κ3) is 6.32. The van der Waals surface area contributed by atoms with Crippen molar-refractivity contribution in [2.45, 2.75) is 32.9 Å². The van der Waals surface area contributed by atoms with Crippen LogP contribution in [0.3, 0.4) is 0 Å². The fourth-order valence-corrected chi connectivity index (χ4v) is 4.11. The molecule has 180 valence electrons. The van der Waals surface area contributed by atoms with E-state index in [1.165, 1.54) is 18.2 Å². The Morgan fingerprint density at radius 1 is 1.14 bits per heavy atom. The van der Waals surface area contributed by atoms with Gasteiger partial charge in [-0.1, -0.05) is 36.4 Å². The van der Waals surface area contributed by atoms with Crippen molar-refractivity contribution in [3.05, 3.63) is 101 Å². The summed E-state index contributed by atoms with van der Waals surface area (Å²) in [6.07, 6.45) is 5.60. The minimum atomic E-state index is -0.376. The number of rotatable bonds is 8. The van der Waals surface area contributed by atoms with Crippen molar-refractivity contribution < 1.29 is 18.7 Å². The monoisotopic (exact) mass is 473 g/mol. The van der Waals surface area contributed by atoms with Crippen molar-refractivity contribution >= 4 is 17.9 Å². The van der Waals surface area contributed by atoms with Crippen LogP contribution in [-0.2, 0) is 29.1 Å². The predicted molar refractivity (Wildman–Crippen MR) is 132 cm³/mol. The number of benzene rings is 2. The number of nitrogens with zero attached hydrogens (tertiary/aromatic N) is 2. The van der Waals surface area contributed by atoms with E-state index in [9.17, 15) is 14.0 Å².